The van der Waals surface area contributed by atoms with Crippen LogP contribution >= 0.6 is 11.3 Å². The van der Waals surface area contributed by atoms with Gasteiger partial charge in [0.05, 0.1) is 10.6 Å². The minimum Gasteiger partial charge on any atom is -0.480 e. The topological polar surface area (TPSA) is 110 Å². The van der Waals surface area contributed by atoms with Crippen LogP contribution in [0.3, 0.4) is 0 Å². The lowest BCUT2D eigenvalue weighted by atomic mass is 10.0. The van der Waals surface area contributed by atoms with E-state index in [0.717, 1.165) is 42.8 Å². The Hall–Kier alpha value is -2.75. The summed E-state index contributed by atoms with van der Waals surface area (Å²) in [6.45, 7) is 7.09. The van der Waals surface area contributed by atoms with E-state index in [1.54, 1.807) is 26.0 Å². The van der Waals surface area contributed by atoms with E-state index < -0.39 is 22.0 Å². The average Bonchev–Trinajstić information content (AvgIpc) is 3.24. The zero-order chi connectivity index (χ0) is 22.5. The first-order chi connectivity index (χ1) is 14.6. The van der Waals surface area contributed by atoms with Crippen LogP contribution in [-0.4, -0.2) is 30.7 Å². The number of aryl methyl sites for hydroxylation is 2. The highest BCUT2D eigenvalue weighted by Gasteiger charge is 2.28. The first kappa shape index (κ1) is 21.5. The number of nitrogens with zero attached hydrogens (tertiary/aromatic N) is 1. The van der Waals surface area contributed by atoms with E-state index in [1.807, 2.05) is 26.0 Å². The van der Waals surface area contributed by atoms with E-state index in [4.69, 9.17) is 4.52 Å². The van der Waals surface area contributed by atoms with Crippen molar-refractivity contribution in [3.8, 4) is 11.1 Å². The van der Waals surface area contributed by atoms with Gasteiger partial charge in [-0.3, -0.25) is 4.79 Å². The Balaban J connectivity index is 1.78. The van der Waals surface area contributed by atoms with E-state index in [9.17, 15) is 18.3 Å². The highest BCUT2D eigenvalue weighted by molar-refractivity contribution is 7.89. The fourth-order valence-electron chi connectivity index (χ4n) is 3.68. The third-order valence-electron chi connectivity index (χ3n) is 5.29. The molecule has 0 aliphatic heterocycles. The third-order valence-corrected chi connectivity index (χ3v) is 7.86. The van der Waals surface area contributed by atoms with E-state index >= 15 is 0 Å². The maximum atomic E-state index is 12.8. The quantitative estimate of drug-likeness (QED) is 0.433. The molecule has 2 aromatic carbocycles. The molecular formula is C22H22N2O5S2. The molecule has 0 aliphatic rings. The number of nitrogens with one attached hydrogen (secondary N) is 1. The number of sulfonamides is 1. The molecule has 7 nitrogen and oxygen atoms in total. The average molecular weight is 459 g/mol. The summed E-state index contributed by atoms with van der Waals surface area (Å²) in [5, 5.41) is 15.3. The van der Waals surface area contributed by atoms with Crippen LogP contribution in [0.1, 0.15) is 25.3 Å². The number of thiophene rings is 1. The lowest BCUT2D eigenvalue weighted by molar-refractivity contribution is -0.140. The highest BCUT2D eigenvalue weighted by atomic mass is 32.2. The molecule has 1 atom stereocenters. The number of hydrogen-bond acceptors (Lipinski definition) is 6. The molecule has 9 heteroatoms. The summed E-state index contributed by atoms with van der Waals surface area (Å²) in [4.78, 5) is 11.5. The third kappa shape index (κ3) is 3.84. The largest absolute Gasteiger partial charge is 0.480 e. The minimum atomic E-state index is -3.98. The van der Waals surface area contributed by atoms with Gasteiger partial charge in [0, 0.05) is 25.7 Å². The van der Waals surface area contributed by atoms with Gasteiger partial charge >= 0.3 is 5.97 Å². The van der Waals surface area contributed by atoms with Crippen LogP contribution in [0.2, 0.25) is 0 Å². The molecule has 0 aliphatic carbocycles. The van der Waals surface area contributed by atoms with Crippen molar-refractivity contribution in [2.24, 2.45) is 5.92 Å². The molecule has 2 aromatic heterocycles. The van der Waals surface area contributed by atoms with Gasteiger partial charge in [-0.1, -0.05) is 31.1 Å². The number of aliphatic carboxylic acids is 1. The van der Waals surface area contributed by atoms with Crippen molar-refractivity contribution in [2.45, 2.75) is 38.6 Å². The molecule has 0 fully saturated rings. The Bertz CT molecular complexity index is 1400. The normalized spacial score (nSPS) is 13.3. The molecule has 4 rings (SSSR count). The molecule has 0 saturated heterocycles. The molecular weight excluding hydrogens is 436 g/mol. The summed E-state index contributed by atoms with van der Waals surface area (Å²) in [7, 11) is -3.98. The first-order valence-electron chi connectivity index (χ1n) is 9.73. The standard InChI is InChI=1S/C22H22N2O5S2/c1-11(2)21(22(25)26)24-31(27,28)15-6-7-16-17-9-14(20-12(3)23-29-13(20)4)5-8-18(17)30-19(16)10-15/h5-11,21,24H,1-4H3,(H,25,26)/t21-/m0/s1. The van der Waals surface area contributed by atoms with E-state index in [0.29, 0.717) is 0 Å². The summed E-state index contributed by atoms with van der Waals surface area (Å²) in [6.07, 6.45) is 0. The van der Waals surface area contributed by atoms with Crippen LogP contribution in [0.15, 0.2) is 45.8 Å². The predicted octanol–water partition coefficient (Wildman–Crippen LogP) is 4.71. The number of carboxylic acid groups (broad SMARTS) is 1. The smallest absolute Gasteiger partial charge is 0.322 e. The molecule has 0 radical (unpaired) electrons. The maximum absolute atomic E-state index is 12.8. The van der Waals surface area contributed by atoms with Crippen molar-refractivity contribution in [3.63, 3.8) is 0 Å². The SMILES string of the molecule is Cc1noc(C)c1-c1ccc2sc3cc(S(=O)(=O)N[C@H](C(=O)O)C(C)C)ccc3c2c1. The zero-order valence-corrected chi connectivity index (χ0v) is 19.1. The van der Waals surface area contributed by atoms with Gasteiger partial charge in [0.1, 0.15) is 11.8 Å². The highest BCUT2D eigenvalue weighted by Crippen LogP contribution is 2.38. The van der Waals surface area contributed by atoms with Crippen molar-refractivity contribution in [1.82, 2.24) is 9.88 Å². The van der Waals surface area contributed by atoms with Crippen molar-refractivity contribution >= 4 is 47.5 Å². The second kappa shape index (κ2) is 7.74. The van der Waals surface area contributed by atoms with Gasteiger partial charge < -0.3 is 9.63 Å². The Morgan fingerprint density at radius 1 is 1.10 bits per heavy atom. The Labute approximate surface area is 183 Å². The Morgan fingerprint density at radius 2 is 1.84 bits per heavy atom. The molecule has 0 saturated carbocycles. The van der Waals surface area contributed by atoms with Crippen molar-refractivity contribution in [1.29, 1.82) is 0 Å². The monoisotopic (exact) mass is 458 g/mol. The number of carbonyl (C=O) groups is 1. The minimum absolute atomic E-state index is 0.0457. The zero-order valence-electron chi connectivity index (χ0n) is 17.5. The second-order valence-electron chi connectivity index (χ2n) is 7.85. The van der Waals surface area contributed by atoms with Crippen molar-refractivity contribution in [2.75, 3.05) is 0 Å². The van der Waals surface area contributed by atoms with Gasteiger partial charge in [0.25, 0.3) is 0 Å². The lowest BCUT2D eigenvalue weighted by Crippen LogP contribution is -2.44. The first-order valence-corrected chi connectivity index (χ1v) is 12.0. The predicted molar refractivity (Wildman–Crippen MR) is 121 cm³/mol. The molecule has 0 amide bonds. The summed E-state index contributed by atoms with van der Waals surface area (Å²) < 4.78 is 35.0. The fourth-order valence-corrected chi connectivity index (χ4v) is 6.25. The molecule has 2 N–H and O–H groups in total. The van der Waals surface area contributed by atoms with E-state index in [1.165, 1.54) is 17.4 Å². The van der Waals surface area contributed by atoms with Gasteiger partial charge in [0.15, 0.2) is 0 Å². The molecule has 0 bridgehead atoms. The number of hydrogen-bond donors (Lipinski definition) is 2. The van der Waals surface area contributed by atoms with Gasteiger partial charge in [-0.15, -0.1) is 11.3 Å². The lowest BCUT2D eigenvalue weighted by Gasteiger charge is -2.18. The van der Waals surface area contributed by atoms with Gasteiger partial charge in [-0.25, -0.2) is 8.42 Å². The Kier molecular flexibility index (Phi) is 5.36. The summed E-state index contributed by atoms with van der Waals surface area (Å²) in [6, 6.07) is 9.75. The summed E-state index contributed by atoms with van der Waals surface area (Å²) in [5.74, 6) is -0.842. The van der Waals surface area contributed by atoms with Gasteiger partial charge in [-0.05, 0) is 49.6 Å². The van der Waals surface area contributed by atoms with Crippen LogP contribution in [0.5, 0.6) is 0 Å². The number of carboxylic acids is 1. The second-order valence-corrected chi connectivity index (χ2v) is 10.6. The molecule has 0 unspecified atom stereocenters. The number of aromatic nitrogens is 1. The maximum Gasteiger partial charge on any atom is 0.322 e. The molecule has 0 spiro atoms. The summed E-state index contributed by atoms with van der Waals surface area (Å²) in [5.41, 5.74) is 2.76. The number of benzene rings is 2. The van der Waals surface area contributed by atoms with Crippen molar-refractivity contribution < 1.29 is 22.8 Å². The van der Waals surface area contributed by atoms with Crippen LogP contribution in [-0.2, 0) is 14.8 Å². The van der Waals surface area contributed by atoms with Gasteiger partial charge in [0.2, 0.25) is 10.0 Å². The fraction of sp³-hybridized carbons (Fsp3) is 0.273. The van der Waals surface area contributed by atoms with Gasteiger partial charge in [-0.2, -0.15) is 4.72 Å². The number of fused-ring (bicyclic) bond motifs is 3. The molecule has 4 aromatic rings. The summed E-state index contributed by atoms with van der Waals surface area (Å²) >= 11 is 1.49. The molecule has 162 valence electrons. The number of rotatable bonds is 6. The van der Waals surface area contributed by atoms with Crippen molar-refractivity contribution in [3.05, 3.63) is 47.9 Å². The van der Waals surface area contributed by atoms with Crippen LogP contribution < -0.4 is 4.72 Å². The molecule has 2 heterocycles. The van der Waals surface area contributed by atoms with E-state index in [-0.39, 0.29) is 10.8 Å². The molecule has 31 heavy (non-hydrogen) atoms. The Morgan fingerprint density at radius 3 is 2.45 bits per heavy atom. The van der Waals surface area contributed by atoms with Crippen LogP contribution in [0, 0.1) is 19.8 Å². The van der Waals surface area contributed by atoms with Crippen LogP contribution in [0.4, 0.5) is 0 Å². The van der Waals surface area contributed by atoms with E-state index in [2.05, 4.69) is 15.9 Å². The van der Waals surface area contributed by atoms with Crippen LogP contribution in [0.25, 0.3) is 31.3 Å².